The first-order valence-electron chi connectivity index (χ1n) is 10.3. The lowest BCUT2D eigenvalue weighted by atomic mass is 10.1. The highest BCUT2D eigenvalue weighted by Gasteiger charge is 2.13. The van der Waals surface area contributed by atoms with Crippen LogP contribution in [0, 0.1) is 0 Å². The third-order valence-corrected chi connectivity index (χ3v) is 4.70. The Hall–Kier alpha value is -1.39. The van der Waals surface area contributed by atoms with Gasteiger partial charge in [0.05, 0.1) is 6.61 Å². The summed E-state index contributed by atoms with van der Waals surface area (Å²) in [7, 11) is 0. The van der Waals surface area contributed by atoms with E-state index in [9.17, 15) is 4.79 Å². The molecule has 1 aromatic carbocycles. The highest BCUT2D eigenvalue weighted by Crippen LogP contribution is 2.14. The average Bonchev–Trinajstić information content (AvgIpc) is 2.69. The van der Waals surface area contributed by atoms with E-state index in [2.05, 4.69) is 0 Å². The van der Waals surface area contributed by atoms with E-state index in [0.717, 1.165) is 45.3 Å². The van der Waals surface area contributed by atoms with Crippen LogP contribution in [0.1, 0.15) is 69.8 Å². The third kappa shape index (κ3) is 9.93. The van der Waals surface area contributed by atoms with Crippen molar-refractivity contribution in [2.75, 3.05) is 19.8 Å². The van der Waals surface area contributed by atoms with Crippen molar-refractivity contribution in [2.45, 2.75) is 76.9 Å². The molecule has 1 unspecified atom stereocenters. The minimum Gasteiger partial charge on any atom is -0.466 e. The van der Waals surface area contributed by atoms with Crippen molar-refractivity contribution < 1.29 is 19.0 Å². The number of benzene rings is 1. The molecule has 1 fully saturated rings. The summed E-state index contributed by atoms with van der Waals surface area (Å²) in [6, 6.07) is 10.1. The molecule has 0 saturated carbocycles. The minimum atomic E-state index is -0.0871. The van der Waals surface area contributed by atoms with Crippen LogP contribution >= 0.6 is 0 Å². The molecule has 2 rings (SSSR count). The molecule has 1 aromatic rings. The molecule has 1 heterocycles. The van der Waals surface area contributed by atoms with Crippen molar-refractivity contribution in [3.05, 3.63) is 35.9 Å². The number of ether oxygens (including phenoxy) is 3. The fourth-order valence-corrected chi connectivity index (χ4v) is 3.12. The smallest absolute Gasteiger partial charge is 0.306 e. The number of hydrogen-bond donors (Lipinski definition) is 0. The molecule has 0 bridgehead atoms. The first kappa shape index (κ1) is 20.9. The van der Waals surface area contributed by atoms with Crippen molar-refractivity contribution in [2.24, 2.45) is 0 Å². The van der Waals surface area contributed by atoms with E-state index in [-0.39, 0.29) is 12.3 Å². The largest absolute Gasteiger partial charge is 0.466 e. The molecule has 0 aromatic heterocycles. The Morgan fingerprint density at radius 3 is 2.42 bits per heavy atom. The van der Waals surface area contributed by atoms with Crippen LogP contribution in [0.15, 0.2) is 30.3 Å². The number of rotatable bonds is 13. The number of carbonyl (C=O) groups excluding carboxylic acids is 1. The van der Waals surface area contributed by atoms with Crippen LogP contribution in [0.5, 0.6) is 0 Å². The normalized spacial score (nSPS) is 17.2. The third-order valence-electron chi connectivity index (χ3n) is 4.70. The van der Waals surface area contributed by atoms with Crippen LogP contribution in [0.4, 0.5) is 0 Å². The van der Waals surface area contributed by atoms with E-state index >= 15 is 0 Å². The van der Waals surface area contributed by atoms with E-state index in [1.807, 2.05) is 30.3 Å². The Bertz CT molecular complexity index is 468. The summed E-state index contributed by atoms with van der Waals surface area (Å²) in [5, 5.41) is 0. The van der Waals surface area contributed by atoms with Gasteiger partial charge in [-0.15, -0.1) is 0 Å². The van der Waals surface area contributed by atoms with E-state index in [4.69, 9.17) is 14.2 Å². The molecule has 1 aliphatic rings. The lowest BCUT2D eigenvalue weighted by Crippen LogP contribution is -2.22. The molecule has 4 nitrogen and oxygen atoms in total. The number of unbranched alkanes of at least 4 members (excludes halogenated alkanes) is 5. The number of aryl methyl sites for hydroxylation is 1. The van der Waals surface area contributed by atoms with Crippen LogP contribution < -0.4 is 0 Å². The van der Waals surface area contributed by atoms with Gasteiger partial charge in [-0.2, -0.15) is 0 Å². The van der Waals surface area contributed by atoms with Crippen molar-refractivity contribution >= 4 is 5.97 Å². The van der Waals surface area contributed by atoms with E-state index in [1.165, 1.54) is 37.7 Å². The summed E-state index contributed by atoms with van der Waals surface area (Å²) in [5.41, 5.74) is 1.18. The van der Waals surface area contributed by atoms with E-state index in [0.29, 0.717) is 13.0 Å². The summed E-state index contributed by atoms with van der Waals surface area (Å²) < 4.78 is 16.6. The van der Waals surface area contributed by atoms with Gasteiger partial charge in [-0.1, -0.05) is 56.0 Å². The van der Waals surface area contributed by atoms with Gasteiger partial charge in [0.15, 0.2) is 6.29 Å². The van der Waals surface area contributed by atoms with E-state index in [1.54, 1.807) is 0 Å². The topological polar surface area (TPSA) is 44.8 Å². The maximum absolute atomic E-state index is 11.7. The fraction of sp³-hybridized carbons (Fsp3) is 0.682. The lowest BCUT2D eigenvalue weighted by molar-refractivity contribution is -0.162. The van der Waals surface area contributed by atoms with Crippen LogP contribution in [-0.4, -0.2) is 32.1 Å². The zero-order valence-corrected chi connectivity index (χ0v) is 16.0. The maximum Gasteiger partial charge on any atom is 0.306 e. The second-order valence-corrected chi connectivity index (χ2v) is 6.99. The molecule has 4 heteroatoms. The zero-order chi connectivity index (χ0) is 18.3. The minimum absolute atomic E-state index is 0.0420. The summed E-state index contributed by atoms with van der Waals surface area (Å²) in [6.45, 7) is 2.21. The second kappa shape index (κ2) is 13.8. The maximum atomic E-state index is 11.7. The highest BCUT2D eigenvalue weighted by atomic mass is 16.7. The first-order chi connectivity index (χ1) is 12.8. The molecule has 0 aliphatic carbocycles. The van der Waals surface area contributed by atoms with Crippen LogP contribution in [0.3, 0.4) is 0 Å². The molecule has 1 aliphatic heterocycles. The van der Waals surface area contributed by atoms with Gasteiger partial charge < -0.3 is 14.2 Å². The molecule has 26 heavy (non-hydrogen) atoms. The van der Waals surface area contributed by atoms with E-state index < -0.39 is 0 Å². The van der Waals surface area contributed by atoms with Gasteiger partial charge in [-0.3, -0.25) is 4.79 Å². The summed E-state index contributed by atoms with van der Waals surface area (Å²) in [6.07, 6.45) is 11.5. The zero-order valence-electron chi connectivity index (χ0n) is 16.0. The van der Waals surface area contributed by atoms with Gasteiger partial charge >= 0.3 is 5.97 Å². The molecular weight excluding hydrogens is 328 g/mol. The summed E-state index contributed by atoms with van der Waals surface area (Å²) >= 11 is 0. The average molecular weight is 363 g/mol. The lowest BCUT2D eigenvalue weighted by Gasteiger charge is -2.22. The monoisotopic (exact) mass is 362 g/mol. The van der Waals surface area contributed by atoms with Crippen LogP contribution in [-0.2, 0) is 25.4 Å². The van der Waals surface area contributed by atoms with Crippen molar-refractivity contribution in [1.29, 1.82) is 0 Å². The Morgan fingerprint density at radius 2 is 1.69 bits per heavy atom. The molecule has 0 radical (unpaired) electrons. The van der Waals surface area contributed by atoms with Gasteiger partial charge in [-0.05, 0) is 44.1 Å². The molecule has 146 valence electrons. The van der Waals surface area contributed by atoms with Gasteiger partial charge in [0.2, 0.25) is 0 Å². The van der Waals surface area contributed by atoms with Crippen molar-refractivity contribution in [3.63, 3.8) is 0 Å². The summed E-state index contributed by atoms with van der Waals surface area (Å²) in [5.74, 6) is -0.0871. The molecule has 1 saturated heterocycles. The van der Waals surface area contributed by atoms with Gasteiger partial charge in [-0.25, -0.2) is 0 Å². The highest BCUT2D eigenvalue weighted by molar-refractivity contribution is 5.69. The number of esters is 1. The number of carbonyl (C=O) groups is 1. The molecular formula is C22H34O4. The van der Waals surface area contributed by atoms with Gasteiger partial charge in [0, 0.05) is 19.6 Å². The Balaban J connectivity index is 1.33. The van der Waals surface area contributed by atoms with Gasteiger partial charge in [0.25, 0.3) is 0 Å². The quantitative estimate of drug-likeness (QED) is 0.364. The Labute approximate surface area is 158 Å². The van der Waals surface area contributed by atoms with Crippen molar-refractivity contribution in [3.8, 4) is 0 Å². The Kier molecular flexibility index (Phi) is 11.1. The predicted octanol–water partition coefficient (Wildman–Crippen LogP) is 5.05. The molecule has 1 atom stereocenters. The standard InChI is InChI=1S/C22H34O4/c23-21(16-15-20-12-6-5-7-13-20)24-17-9-3-1-2-4-10-18-25-22-14-8-11-19-26-22/h5-7,12-13,22H,1-4,8-11,14-19H2. The SMILES string of the molecule is O=C(CCc1ccccc1)OCCCCCCCCOC1CCCCO1. The Morgan fingerprint density at radius 1 is 0.962 bits per heavy atom. The fourth-order valence-electron chi connectivity index (χ4n) is 3.12. The molecule has 0 spiro atoms. The van der Waals surface area contributed by atoms with Crippen molar-refractivity contribution in [1.82, 2.24) is 0 Å². The summed E-state index contributed by atoms with van der Waals surface area (Å²) in [4.78, 5) is 11.7. The van der Waals surface area contributed by atoms with Crippen LogP contribution in [0.2, 0.25) is 0 Å². The molecule has 0 N–H and O–H groups in total. The predicted molar refractivity (Wildman–Crippen MR) is 103 cm³/mol. The molecule has 0 amide bonds. The van der Waals surface area contributed by atoms with Gasteiger partial charge in [0.1, 0.15) is 0 Å². The van der Waals surface area contributed by atoms with Crippen LogP contribution in [0.25, 0.3) is 0 Å². The number of hydrogen-bond acceptors (Lipinski definition) is 4. The first-order valence-corrected chi connectivity index (χ1v) is 10.3. The second-order valence-electron chi connectivity index (χ2n) is 6.99.